The summed E-state index contributed by atoms with van der Waals surface area (Å²) in [5, 5.41) is 20.0. The van der Waals surface area contributed by atoms with E-state index in [9.17, 15) is 9.90 Å². The van der Waals surface area contributed by atoms with Crippen LogP contribution in [0.2, 0.25) is 0 Å². The number of hydrogen-bond donors (Lipinski definition) is 4. The first-order chi connectivity index (χ1) is 15.0. The number of carbonyl (C=O) groups excluding carboxylic acids is 1. The van der Waals surface area contributed by atoms with Crippen molar-refractivity contribution < 1.29 is 19.4 Å². The molecule has 3 rings (SSSR count). The Kier molecular flexibility index (Phi) is 7.72. The van der Waals surface area contributed by atoms with E-state index in [1.807, 2.05) is 31.2 Å². The smallest absolute Gasteiger partial charge is 0.225 e. The van der Waals surface area contributed by atoms with E-state index in [0.29, 0.717) is 42.5 Å². The largest absolute Gasteiger partial charge is 0.497 e. The van der Waals surface area contributed by atoms with Gasteiger partial charge in [0.1, 0.15) is 11.5 Å². The van der Waals surface area contributed by atoms with Crippen LogP contribution in [-0.2, 0) is 4.79 Å². The van der Waals surface area contributed by atoms with E-state index < -0.39 is 6.10 Å². The van der Waals surface area contributed by atoms with Crippen LogP contribution in [0.15, 0.2) is 47.5 Å². The van der Waals surface area contributed by atoms with E-state index in [1.54, 1.807) is 32.4 Å². The molecule has 8 heteroatoms. The minimum absolute atomic E-state index is 0.00911. The maximum Gasteiger partial charge on any atom is 0.225 e. The number of nitrogens with zero attached hydrogens (tertiary/aromatic N) is 1. The normalized spacial score (nSPS) is 16.7. The van der Waals surface area contributed by atoms with Gasteiger partial charge < -0.3 is 30.5 Å². The van der Waals surface area contributed by atoms with Crippen molar-refractivity contribution in [3.05, 3.63) is 53.6 Å². The Labute approximate surface area is 182 Å². The molecule has 2 atom stereocenters. The van der Waals surface area contributed by atoms with E-state index in [0.717, 1.165) is 11.3 Å². The summed E-state index contributed by atoms with van der Waals surface area (Å²) in [5.74, 6) is 1.85. The van der Waals surface area contributed by atoms with Gasteiger partial charge in [-0.2, -0.15) is 0 Å². The lowest BCUT2D eigenvalue weighted by Gasteiger charge is -2.26. The molecule has 0 radical (unpaired) electrons. The number of aliphatic imine (C=N–C) groups is 1. The summed E-state index contributed by atoms with van der Waals surface area (Å²) in [6, 6.07) is 13.1. The van der Waals surface area contributed by atoms with Crippen molar-refractivity contribution in [2.45, 2.75) is 25.4 Å². The van der Waals surface area contributed by atoms with Crippen LogP contribution in [0.5, 0.6) is 11.5 Å². The van der Waals surface area contributed by atoms with Gasteiger partial charge >= 0.3 is 0 Å². The van der Waals surface area contributed by atoms with Crippen molar-refractivity contribution in [2.24, 2.45) is 4.99 Å². The van der Waals surface area contributed by atoms with Gasteiger partial charge in [0.05, 0.1) is 26.9 Å². The molecule has 1 aliphatic heterocycles. The minimum Gasteiger partial charge on any atom is -0.497 e. The third-order valence-corrected chi connectivity index (χ3v) is 5.15. The molecule has 4 N–H and O–H groups in total. The summed E-state index contributed by atoms with van der Waals surface area (Å²) in [5.41, 5.74) is 2.62. The minimum atomic E-state index is -0.819. The van der Waals surface area contributed by atoms with E-state index in [4.69, 9.17) is 9.47 Å². The summed E-state index contributed by atoms with van der Waals surface area (Å²) in [6.45, 7) is 3.37. The van der Waals surface area contributed by atoms with Crippen LogP contribution < -0.4 is 25.4 Å². The Morgan fingerprint density at radius 2 is 1.90 bits per heavy atom. The molecule has 1 amide bonds. The molecule has 0 aromatic heterocycles. The molecule has 0 saturated heterocycles. The second kappa shape index (κ2) is 10.7. The highest BCUT2D eigenvalue weighted by Crippen LogP contribution is 2.31. The molecule has 0 bridgehead atoms. The summed E-state index contributed by atoms with van der Waals surface area (Å²) >= 11 is 0. The molecule has 0 aliphatic carbocycles. The van der Waals surface area contributed by atoms with Crippen molar-refractivity contribution in [3.63, 3.8) is 0 Å². The lowest BCUT2D eigenvalue weighted by Crippen LogP contribution is -2.41. The quantitative estimate of drug-likeness (QED) is 0.382. The van der Waals surface area contributed by atoms with Crippen LogP contribution in [0.4, 0.5) is 5.69 Å². The fourth-order valence-corrected chi connectivity index (χ4v) is 3.55. The number of ether oxygens (including phenoxy) is 2. The number of para-hydroxylation sites is 1. The molecular weight excluding hydrogens is 396 g/mol. The van der Waals surface area contributed by atoms with Gasteiger partial charge in [0, 0.05) is 37.2 Å². The number of nitrogens with one attached hydrogen (secondary N) is 3. The Hall–Kier alpha value is -3.26. The van der Waals surface area contributed by atoms with Crippen LogP contribution >= 0.6 is 0 Å². The van der Waals surface area contributed by atoms with Crippen LogP contribution in [0.3, 0.4) is 0 Å². The standard InChI is InChI=1S/C23H30N4O4/c1-4-24-23(25-13-16-11-22(29)27-20-8-6-5-7-19(16)20)26-14-21(28)15-9-17(30-2)12-18(10-15)31-3/h5-10,12,16,21,28H,4,11,13-14H2,1-3H3,(H,27,29)(H2,24,25,26). The maximum atomic E-state index is 12.0. The first-order valence-electron chi connectivity index (χ1n) is 10.4. The number of carbonyl (C=O) groups is 1. The van der Waals surface area contributed by atoms with E-state index in [1.165, 1.54) is 0 Å². The number of aliphatic hydroxyl groups is 1. The number of guanidine groups is 1. The number of hydrogen-bond acceptors (Lipinski definition) is 5. The van der Waals surface area contributed by atoms with Gasteiger partial charge in [0.2, 0.25) is 5.91 Å². The van der Waals surface area contributed by atoms with Crippen molar-refractivity contribution in [2.75, 3.05) is 39.2 Å². The zero-order valence-corrected chi connectivity index (χ0v) is 18.1. The van der Waals surface area contributed by atoms with Crippen molar-refractivity contribution in [1.29, 1.82) is 0 Å². The fourth-order valence-electron chi connectivity index (χ4n) is 3.55. The third kappa shape index (κ3) is 5.88. The monoisotopic (exact) mass is 426 g/mol. The molecule has 2 aromatic carbocycles. The molecule has 0 spiro atoms. The van der Waals surface area contributed by atoms with E-state index >= 15 is 0 Å². The number of anilines is 1. The van der Waals surface area contributed by atoms with Gasteiger partial charge in [0.15, 0.2) is 5.96 Å². The highest BCUT2D eigenvalue weighted by Gasteiger charge is 2.24. The molecule has 0 fully saturated rings. The zero-order chi connectivity index (χ0) is 22.2. The molecule has 8 nitrogen and oxygen atoms in total. The van der Waals surface area contributed by atoms with Crippen LogP contribution in [0, 0.1) is 0 Å². The molecule has 2 unspecified atom stereocenters. The number of amides is 1. The van der Waals surface area contributed by atoms with Gasteiger partial charge in [-0.1, -0.05) is 18.2 Å². The van der Waals surface area contributed by atoms with E-state index in [-0.39, 0.29) is 18.4 Å². The predicted octanol–water partition coefficient (Wildman–Crippen LogP) is 2.42. The number of fused-ring (bicyclic) bond motifs is 1. The maximum absolute atomic E-state index is 12.0. The van der Waals surface area contributed by atoms with Gasteiger partial charge in [-0.3, -0.25) is 9.79 Å². The lowest BCUT2D eigenvalue weighted by atomic mass is 9.90. The molecule has 31 heavy (non-hydrogen) atoms. The second-order valence-corrected chi connectivity index (χ2v) is 7.30. The number of aliphatic hydroxyl groups excluding tert-OH is 1. The summed E-state index contributed by atoms with van der Waals surface area (Å²) in [4.78, 5) is 16.6. The molecular formula is C23H30N4O4. The number of rotatable bonds is 8. The van der Waals surface area contributed by atoms with Crippen LogP contribution in [0.1, 0.15) is 36.5 Å². The third-order valence-electron chi connectivity index (χ3n) is 5.15. The predicted molar refractivity (Wildman–Crippen MR) is 121 cm³/mol. The zero-order valence-electron chi connectivity index (χ0n) is 18.1. The Bertz CT molecular complexity index is 909. The average molecular weight is 427 g/mol. The SMILES string of the molecule is CCNC(=NCC(O)c1cc(OC)cc(OC)c1)NCC1CC(=O)Nc2ccccc21. The summed E-state index contributed by atoms with van der Waals surface area (Å²) < 4.78 is 10.5. The Balaban J connectivity index is 1.68. The first-order valence-corrected chi connectivity index (χ1v) is 10.4. The van der Waals surface area contributed by atoms with Gasteiger partial charge in [-0.25, -0.2) is 0 Å². The molecule has 1 aliphatic rings. The molecule has 2 aromatic rings. The molecule has 166 valence electrons. The van der Waals surface area contributed by atoms with Gasteiger partial charge in [0.25, 0.3) is 0 Å². The first kappa shape index (κ1) is 22.4. The fraction of sp³-hybridized carbons (Fsp3) is 0.391. The summed E-state index contributed by atoms with van der Waals surface area (Å²) in [6.07, 6.45) is -0.407. The van der Waals surface area contributed by atoms with Crippen molar-refractivity contribution in [1.82, 2.24) is 10.6 Å². The average Bonchev–Trinajstić information content (AvgIpc) is 2.79. The van der Waals surface area contributed by atoms with Gasteiger partial charge in [-0.05, 0) is 36.2 Å². The molecule has 1 heterocycles. The van der Waals surface area contributed by atoms with Crippen molar-refractivity contribution >= 4 is 17.6 Å². The second-order valence-electron chi connectivity index (χ2n) is 7.30. The van der Waals surface area contributed by atoms with Crippen LogP contribution in [0.25, 0.3) is 0 Å². The summed E-state index contributed by atoms with van der Waals surface area (Å²) in [7, 11) is 3.14. The number of benzene rings is 2. The highest BCUT2D eigenvalue weighted by atomic mass is 16.5. The lowest BCUT2D eigenvalue weighted by molar-refractivity contribution is -0.116. The Morgan fingerprint density at radius 1 is 1.19 bits per heavy atom. The van der Waals surface area contributed by atoms with Crippen molar-refractivity contribution in [3.8, 4) is 11.5 Å². The molecule has 0 saturated carbocycles. The highest BCUT2D eigenvalue weighted by molar-refractivity contribution is 5.94. The topological polar surface area (TPSA) is 104 Å². The van der Waals surface area contributed by atoms with Crippen LogP contribution in [-0.4, -0.2) is 50.8 Å². The number of methoxy groups -OCH3 is 2. The van der Waals surface area contributed by atoms with E-state index in [2.05, 4.69) is 20.9 Å². The Morgan fingerprint density at radius 3 is 2.58 bits per heavy atom. The van der Waals surface area contributed by atoms with Gasteiger partial charge in [-0.15, -0.1) is 0 Å².